The van der Waals surface area contributed by atoms with Crippen LogP contribution < -0.4 is 4.74 Å². The number of rotatable bonds is 10. The molecule has 0 aliphatic heterocycles. The average Bonchev–Trinajstić information content (AvgIpc) is 3.06. The molecule has 0 saturated heterocycles. The lowest BCUT2D eigenvalue weighted by Crippen LogP contribution is -2.20. The van der Waals surface area contributed by atoms with Crippen LogP contribution in [0, 0.1) is 0 Å². The molecule has 3 rings (SSSR count). The second-order valence-electron chi connectivity index (χ2n) is 6.48. The quantitative estimate of drug-likeness (QED) is 0.382. The molecule has 0 N–H and O–H groups in total. The summed E-state index contributed by atoms with van der Waals surface area (Å²) in [6.07, 6.45) is 4.31. The van der Waals surface area contributed by atoms with Crippen LogP contribution in [0.3, 0.4) is 0 Å². The standard InChI is InChI=1S/C22H26N4OS/c1-25(15-9-12-19-10-5-3-6-11-19)18-21-23-24-22(26(21)2)28-17-16-27-20-13-7-4-8-14-20/h3-14H,15-18H2,1-2H3. The Morgan fingerprint density at radius 1 is 1.04 bits per heavy atom. The highest BCUT2D eigenvalue weighted by Crippen LogP contribution is 2.17. The number of thioether (sulfide) groups is 1. The smallest absolute Gasteiger partial charge is 0.191 e. The maximum atomic E-state index is 5.73. The molecule has 2 aromatic carbocycles. The largest absolute Gasteiger partial charge is 0.493 e. The van der Waals surface area contributed by atoms with Gasteiger partial charge in [-0.25, -0.2) is 0 Å². The minimum Gasteiger partial charge on any atom is -0.493 e. The van der Waals surface area contributed by atoms with Crippen molar-refractivity contribution in [3.8, 4) is 5.75 Å². The lowest BCUT2D eigenvalue weighted by Gasteiger charge is -2.13. The molecule has 0 aliphatic rings. The molecule has 0 fully saturated rings. The second-order valence-corrected chi connectivity index (χ2v) is 7.54. The van der Waals surface area contributed by atoms with Gasteiger partial charge in [0.15, 0.2) is 5.16 Å². The maximum absolute atomic E-state index is 5.73. The Bertz CT molecular complexity index is 865. The summed E-state index contributed by atoms with van der Waals surface area (Å²) < 4.78 is 7.79. The molecular weight excluding hydrogens is 368 g/mol. The molecule has 0 radical (unpaired) electrons. The van der Waals surface area contributed by atoms with E-state index in [9.17, 15) is 0 Å². The first-order valence-electron chi connectivity index (χ1n) is 9.31. The first-order valence-corrected chi connectivity index (χ1v) is 10.3. The molecule has 28 heavy (non-hydrogen) atoms. The van der Waals surface area contributed by atoms with Gasteiger partial charge in [-0.1, -0.05) is 72.4 Å². The Morgan fingerprint density at radius 2 is 1.75 bits per heavy atom. The van der Waals surface area contributed by atoms with E-state index in [-0.39, 0.29) is 0 Å². The molecule has 0 atom stereocenters. The normalized spacial score (nSPS) is 11.4. The highest BCUT2D eigenvalue weighted by Gasteiger charge is 2.10. The van der Waals surface area contributed by atoms with E-state index in [2.05, 4.69) is 51.0 Å². The molecule has 1 heterocycles. The van der Waals surface area contributed by atoms with Crippen LogP contribution in [-0.2, 0) is 13.6 Å². The van der Waals surface area contributed by atoms with Crippen molar-refractivity contribution in [3.63, 3.8) is 0 Å². The van der Waals surface area contributed by atoms with Gasteiger partial charge in [0.2, 0.25) is 0 Å². The summed E-state index contributed by atoms with van der Waals surface area (Å²) in [4.78, 5) is 2.22. The first-order chi connectivity index (χ1) is 13.7. The predicted octanol–water partition coefficient (Wildman–Crippen LogP) is 4.13. The zero-order valence-electron chi connectivity index (χ0n) is 16.4. The van der Waals surface area contributed by atoms with E-state index in [1.54, 1.807) is 11.8 Å². The van der Waals surface area contributed by atoms with Gasteiger partial charge in [-0.05, 0) is 24.7 Å². The van der Waals surface area contributed by atoms with E-state index < -0.39 is 0 Å². The van der Waals surface area contributed by atoms with Crippen LogP contribution in [-0.4, -0.2) is 45.6 Å². The molecule has 146 valence electrons. The van der Waals surface area contributed by atoms with Crippen molar-refractivity contribution >= 4 is 17.8 Å². The van der Waals surface area contributed by atoms with Crippen LogP contribution in [0.25, 0.3) is 6.08 Å². The summed E-state index contributed by atoms with van der Waals surface area (Å²) in [6, 6.07) is 20.2. The number of benzene rings is 2. The number of aromatic nitrogens is 3. The van der Waals surface area contributed by atoms with Crippen molar-refractivity contribution in [2.45, 2.75) is 11.7 Å². The molecule has 5 nitrogen and oxygen atoms in total. The third-order valence-electron chi connectivity index (χ3n) is 4.19. The van der Waals surface area contributed by atoms with Crippen molar-refractivity contribution in [1.29, 1.82) is 0 Å². The van der Waals surface area contributed by atoms with E-state index in [0.29, 0.717) is 6.61 Å². The van der Waals surface area contributed by atoms with Gasteiger partial charge in [-0.3, -0.25) is 4.90 Å². The van der Waals surface area contributed by atoms with Gasteiger partial charge < -0.3 is 9.30 Å². The van der Waals surface area contributed by atoms with Gasteiger partial charge in [-0.2, -0.15) is 0 Å². The molecule has 0 saturated carbocycles. The van der Waals surface area contributed by atoms with Crippen molar-refractivity contribution in [2.24, 2.45) is 7.05 Å². The molecule has 0 bridgehead atoms. The molecular formula is C22H26N4OS. The number of nitrogens with zero attached hydrogens (tertiary/aromatic N) is 4. The zero-order valence-corrected chi connectivity index (χ0v) is 17.2. The summed E-state index contributed by atoms with van der Waals surface area (Å²) >= 11 is 1.66. The van der Waals surface area contributed by atoms with E-state index in [4.69, 9.17) is 4.74 Å². The fraction of sp³-hybridized carbons (Fsp3) is 0.273. The number of ether oxygens (including phenoxy) is 1. The van der Waals surface area contributed by atoms with Crippen LogP contribution >= 0.6 is 11.8 Å². The van der Waals surface area contributed by atoms with Crippen LogP contribution in [0.2, 0.25) is 0 Å². The van der Waals surface area contributed by atoms with Gasteiger partial charge in [0.25, 0.3) is 0 Å². The number of likely N-dealkylation sites (N-methyl/N-ethyl adjacent to an activating group) is 1. The van der Waals surface area contributed by atoms with Crippen molar-refractivity contribution in [3.05, 3.63) is 78.1 Å². The van der Waals surface area contributed by atoms with Crippen LogP contribution in [0.5, 0.6) is 5.75 Å². The molecule has 6 heteroatoms. The highest BCUT2D eigenvalue weighted by atomic mass is 32.2. The van der Waals surface area contributed by atoms with Crippen molar-refractivity contribution in [1.82, 2.24) is 19.7 Å². The number of hydrogen-bond donors (Lipinski definition) is 0. The van der Waals surface area contributed by atoms with E-state index in [1.165, 1.54) is 5.56 Å². The third kappa shape index (κ3) is 6.25. The first kappa shape index (κ1) is 20.2. The van der Waals surface area contributed by atoms with Gasteiger partial charge in [0, 0.05) is 19.3 Å². The fourth-order valence-corrected chi connectivity index (χ4v) is 3.40. The lowest BCUT2D eigenvalue weighted by molar-refractivity contribution is 0.343. The minimum absolute atomic E-state index is 0.640. The van der Waals surface area contributed by atoms with E-state index in [1.807, 2.05) is 55.6 Å². The highest BCUT2D eigenvalue weighted by molar-refractivity contribution is 7.99. The predicted molar refractivity (Wildman–Crippen MR) is 115 cm³/mol. The zero-order chi connectivity index (χ0) is 19.6. The van der Waals surface area contributed by atoms with E-state index >= 15 is 0 Å². The molecule has 0 amide bonds. The van der Waals surface area contributed by atoms with Crippen LogP contribution in [0.4, 0.5) is 0 Å². The Hall–Kier alpha value is -2.57. The summed E-state index contributed by atoms with van der Waals surface area (Å²) in [5.74, 6) is 2.69. The average molecular weight is 395 g/mol. The molecule has 0 unspecified atom stereocenters. The van der Waals surface area contributed by atoms with Gasteiger partial charge in [0.1, 0.15) is 11.6 Å². The Morgan fingerprint density at radius 3 is 2.50 bits per heavy atom. The molecule has 3 aromatic rings. The maximum Gasteiger partial charge on any atom is 0.191 e. The van der Waals surface area contributed by atoms with Crippen molar-refractivity contribution in [2.75, 3.05) is 26.0 Å². The molecule has 1 aromatic heterocycles. The van der Waals surface area contributed by atoms with Crippen LogP contribution in [0.15, 0.2) is 71.9 Å². The molecule has 0 spiro atoms. The van der Waals surface area contributed by atoms with Gasteiger partial charge in [-0.15, -0.1) is 10.2 Å². The Balaban J connectivity index is 1.42. The van der Waals surface area contributed by atoms with Gasteiger partial charge in [0.05, 0.1) is 13.2 Å². The Kier molecular flexibility index (Phi) is 7.70. The number of hydrogen-bond acceptors (Lipinski definition) is 5. The number of para-hydroxylation sites is 1. The lowest BCUT2D eigenvalue weighted by atomic mass is 10.2. The topological polar surface area (TPSA) is 43.2 Å². The molecule has 0 aliphatic carbocycles. The summed E-state index contributed by atoms with van der Waals surface area (Å²) in [5.41, 5.74) is 1.21. The van der Waals surface area contributed by atoms with Crippen LogP contribution in [0.1, 0.15) is 11.4 Å². The van der Waals surface area contributed by atoms with Gasteiger partial charge >= 0.3 is 0 Å². The fourth-order valence-electron chi connectivity index (χ4n) is 2.66. The summed E-state index contributed by atoms with van der Waals surface area (Å²) in [7, 11) is 4.11. The monoisotopic (exact) mass is 394 g/mol. The minimum atomic E-state index is 0.640. The van der Waals surface area contributed by atoms with Crippen molar-refractivity contribution < 1.29 is 4.74 Å². The summed E-state index contributed by atoms with van der Waals surface area (Å²) in [6.45, 7) is 2.25. The second kappa shape index (κ2) is 10.7. The van der Waals surface area contributed by atoms with E-state index in [0.717, 1.165) is 35.6 Å². The SMILES string of the molecule is CN(CC=Cc1ccccc1)Cc1nnc(SCCOc2ccccc2)n1C. The third-order valence-corrected chi connectivity index (χ3v) is 5.17. The summed E-state index contributed by atoms with van der Waals surface area (Å²) in [5, 5.41) is 9.58. The Labute approximate surface area is 171 Å².